The Labute approximate surface area is 105 Å². The summed E-state index contributed by atoms with van der Waals surface area (Å²) in [6.45, 7) is 6.22. The molecule has 2 fully saturated rings. The third kappa shape index (κ3) is 2.29. The lowest BCUT2D eigenvalue weighted by Gasteiger charge is -2.44. The second-order valence-electron chi connectivity index (χ2n) is 4.67. The first-order valence-corrected chi connectivity index (χ1v) is 6.86. The van der Waals surface area contributed by atoms with E-state index in [1.807, 2.05) is 6.92 Å². The molecule has 0 aromatic carbocycles. The number of hydrogen-bond acceptors (Lipinski definition) is 6. The van der Waals surface area contributed by atoms with Crippen LogP contribution in [0.3, 0.4) is 0 Å². The summed E-state index contributed by atoms with van der Waals surface area (Å²) in [5, 5.41) is 10.4. The van der Waals surface area contributed by atoms with E-state index in [0.29, 0.717) is 0 Å². The number of aromatic nitrogens is 2. The monoisotopic (exact) mass is 255 g/mol. The van der Waals surface area contributed by atoms with Crippen molar-refractivity contribution in [1.29, 1.82) is 0 Å². The average Bonchev–Trinajstić information content (AvgIpc) is 2.77. The zero-order valence-electron chi connectivity index (χ0n) is 10.0. The van der Waals surface area contributed by atoms with Crippen LogP contribution in [0.1, 0.15) is 17.8 Å². The smallest absolute Gasteiger partial charge is 0.208 e. The van der Waals surface area contributed by atoms with E-state index in [9.17, 15) is 0 Å². The van der Waals surface area contributed by atoms with Gasteiger partial charge in [0.15, 0.2) is 0 Å². The molecule has 0 atom stereocenters. The van der Waals surface area contributed by atoms with Crippen LogP contribution in [0.15, 0.2) is 0 Å². The molecule has 0 aliphatic carbocycles. The zero-order chi connectivity index (χ0) is 11.7. The van der Waals surface area contributed by atoms with Gasteiger partial charge in [0.2, 0.25) is 5.13 Å². The van der Waals surface area contributed by atoms with Crippen molar-refractivity contribution in [3.05, 3.63) is 5.01 Å². The van der Waals surface area contributed by atoms with E-state index in [1.54, 1.807) is 11.3 Å². The fourth-order valence-electron chi connectivity index (χ4n) is 2.47. The molecule has 5 nitrogen and oxygen atoms in total. The van der Waals surface area contributed by atoms with Crippen molar-refractivity contribution in [2.24, 2.45) is 0 Å². The van der Waals surface area contributed by atoms with Crippen molar-refractivity contribution < 1.29 is 9.47 Å². The van der Waals surface area contributed by atoms with Gasteiger partial charge in [-0.15, -0.1) is 10.2 Å². The molecule has 0 bridgehead atoms. The van der Waals surface area contributed by atoms with Gasteiger partial charge in [0, 0.05) is 39.1 Å². The van der Waals surface area contributed by atoms with E-state index < -0.39 is 0 Å². The minimum absolute atomic E-state index is 0.0178. The van der Waals surface area contributed by atoms with Crippen LogP contribution < -0.4 is 4.90 Å². The van der Waals surface area contributed by atoms with E-state index in [4.69, 9.17) is 9.47 Å². The highest BCUT2D eigenvalue weighted by Crippen LogP contribution is 2.32. The lowest BCUT2D eigenvalue weighted by molar-refractivity contribution is -0.116. The lowest BCUT2D eigenvalue weighted by Crippen LogP contribution is -2.54. The largest absolute Gasteiger partial charge is 0.381 e. The summed E-state index contributed by atoms with van der Waals surface area (Å²) in [5.41, 5.74) is -0.0178. The van der Waals surface area contributed by atoms with E-state index in [1.165, 1.54) is 0 Å². The number of rotatable bonds is 1. The van der Waals surface area contributed by atoms with Gasteiger partial charge in [0.05, 0.1) is 12.2 Å². The van der Waals surface area contributed by atoms with Gasteiger partial charge in [-0.3, -0.25) is 0 Å². The van der Waals surface area contributed by atoms with Crippen LogP contribution in [0.2, 0.25) is 0 Å². The van der Waals surface area contributed by atoms with Gasteiger partial charge in [-0.1, -0.05) is 11.3 Å². The van der Waals surface area contributed by atoms with Crippen LogP contribution in [0.4, 0.5) is 5.13 Å². The van der Waals surface area contributed by atoms with Gasteiger partial charge in [-0.2, -0.15) is 0 Å². The molecular weight excluding hydrogens is 238 g/mol. The topological polar surface area (TPSA) is 47.5 Å². The van der Waals surface area contributed by atoms with Crippen molar-refractivity contribution in [1.82, 2.24) is 10.2 Å². The summed E-state index contributed by atoms with van der Waals surface area (Å²) >= 11 is 1.66. The minimum Gasteiger partial charge on any atom is -0.381 e. The summed E-state index contributed by atoms with van der Waals surface area (Å²) in [6.07, 6.45) is 1.97. The first-order chi connectivity index (χ1) is 8.27. The number of morpholine rings is 1. The Morgan fingerprint density at radius 1 is 1.24 bits per heavy atom. The standard InChI is InChI=1S/C11H17N3O2S/c1-9-12-13-10(17-9)14-4-7-16-11(8-14)2-5-15-6-3-11/h2-8H2,1H3. The molecule has 1 aromatic rings. The molecule has 94 valence electrons. The highest BCUT2D eigenvalue weighted by atomic mass is 32.1. The molecule has 2 aliphatic rings. The predicted molar refractivity (Wildman–Crippen MR) is 65.6 cm³/mol. The number of ether oxygens (including phenoxy) is 2. The third-order valence-corrected chi connectivity index (χ3v) is 4.34. The Morgan fingerprint density at radius 2 is 2.06 bits per heavy atom. The minimum atomic E-state index is -0.0178. The normalized spacial score (nSPS) is 24.2. The molecule has 0 N–H and O–H groups in total. The highest BCUT2D eigenvalue weighted by Gasteiger charge is 2.39. The van der Waals surface area contributed by atoms with E-state index in [2.05, 4.69) is 15.1 Å². The van der Waals surface area contributed by atoms with E-state index in [-0.39, 0.29) is 5.60 Å². The fraction of sp³-hybridized carbons (Fsp3) is 0.818. The van der Waals surface area contributed by atoms with Crippen LogP contribution in [0, 0.1) is 6.92 Å². The van der Waals surface area contributed by atoms with Gasteiger partial charge in [0.1, 0.15) is 5.01 Å². The molecule has 3 rings (SSSR count). The van der Waals surface area contributed by atoms with E-state index in [0.717, 1.165) is 55.9 Å². The molecule has 1 aromatic heterocycles. The van der Waals surface area contributed by atoms with Crippen molar-refractivity contribution in [3.63, 3.8) is 0 Å². The van der Waals surface area contributed by atoms with Crippen molar-refractivity contribution >= 4 is 16.5 Å². The first-order valence-electron chi connectivity index (χ1n) is 6.04. The maximum atomic E-state index is 6.00. The fourth-order valence-corrected chi connectivity index (χ4v) is 3.18. The Morgan fingerprint density at radius 3 is 2.76 bits per heavy atom. The Balaban J connectivity index is 1.74. The van der Waals surface area contributed by atoms with Crippen LogP contribution in [-0.4, -0.2) is 48.7 Å². The van der Waals surface area contributed by atoms with E-state index >= 15 is 0 Å². The van der Waals surface area contributed by atoms with Crippen LogP contribution in [0.5, 0.6) is 0 Å². The van der Waals surface area contributed by atoms with Gasteiger partial charge < -0.3 is 14.4 Å². The molecule has 1 spiro atoms. The summed E-state index contributed by atoms with van der Waals surface area (Å²) < 4.78 is 11.4. The third-order valence-electron chi connectivity index (χ3n) is 3.44. The van der Waals surface area contributed by atoms with Crippen molar-refractivity contribution in [2.45, 2.75) is 25.4 Å². The summed E-state index contributed by atoms with van der Waals surface area (Å²) in [7, 11) is 0. The summed E-state index contributed by atoms with van der Waals surface area (Å²) in [5.74, 6) is 0. The molecule has 2 aliphatic heterocycles. The van der Waals surface area contributed by atoms with Gasteiger partial charge >= 0.3 is 0 Å². The van der Waals surface area contributed by atoms with Gasteiger partial charge in [0.25, 0.3) is 0 Å². The predicted octanol–water partition coefficient (Wildman–Crippen LogP) is 1.23. The van der Waals surface area contributed by atoms with Crippen LogP contribution >= 0.6 is 11.3 Å². The number of nitrogens with zero attached hydrogens (tertiary/aromatic N) is 3. The maximum absolute atomic E-state index is 6.00. The molecule has 0 radical (unpaired) electrons. The molecule has 0 unspecified atom stereocenters. The highest BCUT2D eigenvalue weighted by molar-refractivity contribution is 7.15. The molecule has 17 heavy (non-hydrogen) atoms. The van der Waals surface area contributed by atoms with Gasteiger partial charge in [-0.25, -0.2) is 0 Å². The summed E-state index contributed by atoms with van der Waals surface area (Å²) in [4.78, 5) is 2.31. The quantitative estimate of drug-likeness (QED) is 0.755. The Kier molecular flexibility index (Phi) is 3.02. The second kappa shape index (κ2) is 4.51. The number of hydrogen-bond donors (Lipinski definition) is 0. The van der Waals surface area contributed by atoms with Crippen molar-refractivity contribution in [2.75, 3.05) is 37.8 Å². The molecule has 3 heterocycles. The Bertz CT molecular complexity index is 384. The van der Waals surface area contributed by atoms with Crippen molar-refractivity contribution in [3.8, 4) is 0 Å². The molecule has 0 amide bonds. The molecule has 0 saturated carbocycles. The summed E-state index contributed by atoms with van der Waals surface area (Å²) in [6, 6.07) is 0. The lowest BCUT2D eigenvalue weighted by atomic mass is 9.92. The number of aryl methyl sites for hydroxylation is 1. The van der Waals surface area contributed by atoms with Crippen LogP contribution in [-0.2, 0) is 9.47 Å². The van der Waals surface area contributed by atoms with Crippen LogP contribution in [0.25, 0.3) is 0 Å². The first kappa shape index (κ1) is 11.4. The second-order valence-corrected chi connectivity index (χ2v) is 5.83. The van der Waals surface area contributed by atoms with Gasteiger partial charge in [-0.05, 0) is 6.92 Å². The molecular formula is C11H17N3O2S. The average molecular weight is 255 g/mol. The molecule has 2 saturated heterocycles. The Hall–Kier alpha value is -0.720. The SMILES string of the molecule is Cc1nnc(N2CCOC3(CCOCC3)C2)s1. The molecule has 6 heteroatoms. The number of anilines is 1. The maximum Gasteiger partial charge on any atom is 0.208 e. The zero-order valence-corrected chi connectivity index (χ0v) is 10.8.